The SMILES string of the molecule is C[C@H](CC(=O)CNC(=O)OCc1ccccc1)C(=O)NCC(=O)c1ncc(-c2c(Cl)cccc2Cl)o1. The number of rotatable bonds is 11. The predicted molar refractivity (Wildman–Crippen MR) is 133 cm³/mol. The van der Waals surface area contributed by atoms with Gasteiger partial charge in [0.1, 0.15) is 6.61 Å². The maximum Gasteiger partial charge on any atom is 0.407 e. The summed E-state index contributed by atoms with van der Waals surface area (Å²) >= 11 is 12.3. The number of ketones is 2. The Kier molecular flexibility index (Phi) is 9.61. The average Bonchev–Trinajstić information content (AvgIpc) is 3.35. The van der Waals surface area contributed by atoms with Gasteiger partial charge in [0.15, 0.2) is 11.5 Å². The smallest absolute Gasteiger partial charge is 0.407 e. The number of ether oxygens (including phenoxy) is 1. The van der Waals surface area contributed by atoms with E-state index in [2.05, 4.69) is 15.6 Å². The summed E-state index contributed by atoms with van der Waals surface area (Å²) < 4.78 is 10.5. The number of oxazole rings is 1. The Hall–Kier alpha value is -3.69. The molecule has 1 aromatic heterocycles. The van der Waals surface area contributed by atoms with Crippen LogP contribution in [0.25, 0.3) is 11.3 Å². The molecule has 2 amide bonds. The van der Waals surface area contributed by atoms with Crippen LogP contribution in [0.5, 0.6) is 0 Å². The molecule has 0 unspecified atom stereocenters. The molecular formula is C25H23Cl2N3O6. The number of halogens is 2. The summed E-state index contributed by atoms with van der Waals surface area (Å²) in [7, 11) is 0. The lowest BCUT2D eigenvalue weighted by Crippen LogP contribution is -2.36. The van der Waals surface area contributed by atoms with Gasteiger partial charge in [0.05, 0.1) is 34.9 Å². The van der Waals surface area contributed by atoms with Crippen molar-refractivity contribution in [3.63, 3.8) is 0 Å². The zero-order valence-electron chi connectivity index (χ0n) is 19.3. The zero-order chi connectivity index (χ0) is 26.1. The fraction of sp³-hybridized carbons (Fsp3) is 0.240. The van der Waals surface area contributed by atoms with Gasteiger partial charge in [-0.2, -0.15) is 0 Å². The molecule has 3 aromatic rings. The largest absolute Gasteiger partial charge is 0.445 e. The number of carbonyl (C=O) groups excluding carboxylic acids is 4. The molecule has 0 saturated carbocycles. The van der Waals surface area contributed by atoms with Crippen LogP contribution >= 0.6 is 23.2 Å². The van der Waals surface area contributed by atoms with Crippen LogP contribution in [0.4, 0.5) is 4.79 Å². The Bertz CT molecular complexity index is 1230. The Morgan fingerprint density at radius 3 is 2.36 bits per heavy atom. The summed E-state index contributed by atoms with van der Waals surface area (Å²) in [6.45, 7) is 0.949. The van der Waals surface area contributed by atoms with Crippen molar-refractivity contribution in [2.24, 2.45) is 5.92 Å². The first-order valence-corrected chi connectivity index (χ1v) is 11.7. The maximum atomic E-state index is 12.4. The predicted octanol–water partition coefficient (Wildman–Crippen LogP) is 4.47. The van der Waals surface area contributed by atoms with E-state index in [4.69, 9.17) is 32.4 Å². The molecule has 188 valence electrons. The lowest BCUT2D eigenvalue weighted by Gasteiger charge is -2.11. The fourth-order valence-electron chi connectivity index (χ4n) is 3.12. The van der Waals surface area contributed by atoms with E-state index in [9.17, 15) is 19.2 Å². The number of amides is 2. The number of benzene rings is 2. The molecule has 0 fully saturated rings. The van der Waals surface area contributed by atoms with Crippen LogP contribution in [-0.4, -0.2) is 41.6 Å². The first-order chi connectivity index (χ1) is 17.2. The van der Waals surface area contributed by atoms with E-state index >= 15 is 0 Å². The van der Waals surface area contributed by atoms with Crippen LogP contribution in [0.1, 0.15) is 29.6 Å². The molecular weight excluding hydrogens is 509 g/mol. The third kappa shape index (κ3) is 7.66. The standard InChI is InChI=1S/C25H23Cl2N3O6/c1-15(10-17(31)11-30-25(34)35-14-16-6-3-2-4-7-16)23(33)28-12-20(32)24-29-13-21(36-24)22-18(26)8-5-9-19(22)27/h2-9,13,15H,10-12,14H2,1H3,(H,28,33)(H,30,34)/t15-/m1/s1. The van der Waals surface area contributed by atoms with Gasteiger partial charge in [0.2, 0.25) is 11.7 Å². The zero-order valence-corrected chi connectivity index (χ0v) is 20.8. The van der Waals surface area contributed by atoms with Gasteiger partial charge in [-0.25, -0.2) is 9.78 Å². The Labute approximate surface area is 217 Å². The minimum absolute atomic E-state index is 0.0746. The summed E-state index contributed by atoms with van der Waals surface area (Å²) in [6.07, 6.45) is 0.451. The van der Waals surface area contributed by atoms with Gasteiger partial charge in [-0.15, -0.1) is 0 Å². The number of hydrogen-bond acceptors (Lipinski definition) is 7. The summed E-state index contributed by atoms with van der Waals surface area (Å²) in [6, 6.07) is 14.0. The summed E-state index contributed by atoms with van der Waals surface area (Å²) in [5, 5.41) is 5.49. The number of nitrogens with zero attached hydrogens (tertiary/aromatic N) is 1. The van der Waals surface area contributed by atoms with E-state index in [1.54, 1.807) is 30.3 Å². The number of aromatic nitrogens is 1. The minimum atomic E-state index is -0.738. The second kappa shape index (κ2) is 12.9. The second-order valence-corrected chi connectivity index (χ2v) is 8.64. The molecule has 2 aromatic carbocycles. The van der Waals surface area contributed by atoms with Gasteiger partial charge in [-0.05, 0) is 17.7 Å². The highest BCUT2D eigenvalue weighted by Gasteiger charge is 2.21. The van der Waals surface area contributed by atoms with Gasteiger partial charge < -0.3 is 19.8 Å². The maximum absolute atomic E-state index is 12.4. The first-order valence-electron chi connectivity index (χ1n) is 10.9. The van der Waals surface area contributed by atoms with Crippen molar-refractivity contribution >= 4 is 46.8 Å². The molecule has 0 aliphatic heterocycles. The lowest BCUT2D eigenvalue weighted by atomic mass is 10.0. The normalized spacial score (nSPS) is 11.4. The molecule has 11 heteroatoms. The van der Waals surface area contributed by atoms with Crippen molar-refractivity contribution < 1.29 is 28.3 Å². The Morgan fingerprint density at radius 2 is 1.67 bits per heavy atom. The van der Waals surface area contributed by atoms with Gasteiger partial charge in [0.25, 0.3) is 5.89 Å². The van der Waals surface area contributed by atoms with Crippen LogP contribution in [-0.2, 0) is 20.9 Å². The molecule has 0 saturated heterocycles. The highest BCUT2D eigenvalue weighted by atomic mass is 35.5. The fourth-order valence-corrected chi connectivity index (χ4v) is 3.70. The molecule has 0 aliphatic rings. The van der Waals surface area contributed by atoms with Crippen molar-refractivity contribution in [3.8, 4) is 11.3 Å². The molecule has 3 rings (SSSR count). The third-order valence-electron chi connectivity index (χ3n) is 5.00. The average molecular weight is 532 g/mol. The molecule has 9 nitrogen and oxygen atoms in total. The van der Waals surface area contributed by atoms with Gasteiger partial charge in [-0.1, -0.05) is 66.5 Å². The van der Waals surface area contributed by atoms with Crippen molar-refractivity contribution in [2.45, 2.75) is 20.0 Å². The van der Waals surface area contributed by atoms with E-state index < -0.39 is 23.7 Å². The molecule has 0 aliphatic carbocycles. The van der Waals surface area contributed by atoms with Crippen LogP contribution in [0.2, 0.25) is 10.0 Å². The van der Waals surface area contributed by atoms with Gasteiger partial charge in [0, 0.05) is 12.3 Å². The first kappa shape index (κ1) is 26.9. The van der Waals surface area contributed by atoms with Crippen LogP contribution < -0.4 is 10.6 Å². The number of hydrogen-bond donors (Lipinski definition) is 2. The molecule has 0 spiro atoms. The van der Waals surface area contributed by atoms with Crippen LogP contribution in [0.3, 0.4) is 0 Å². The molecule has 2 N–H and O–H groups in total. The monoisotopic (exact) mass is 531 g/mol. The molecule has 36 heavy (non-hydrogen) atoms. The van der Waals surface area contributed by atoms with E-state index in [1.807, 2.05) is 18.2 Å². The number of Topliss-reactive ketones (excluding diaryl/α,β-unsaturated/α-hetero) is 2. The second-order valence-electron chi connectivity index (χ2n) is 7.83. The van der Waals surface area contributed by atoms with Crippen LogP contribution in [0.15, 0.2) is 59.1 Å². The van der Waals surface area contributed by atoms with Crippen molar-refractivity contribution in [2.75, 3.05) is 13.1 Å². The topological polar surface area (TPSA) is 128 Å². The Morgan fingerprint density at radius 1 is 0.972 bits per heavy atom. The molecule has 1 atom stereocenters. The summed E-state index contributed by atoms with van der Waals surface area (Å²) in [4.78, 5) is 52.5. The minimum Gasteiger partial charge on any atom is -0.445 e. The summed E-state index contributed by atoms with van der Waals surface area (Å²) in [5.74, 6) is -2.18. The van der Waals surface area contributed by atoms with Crippen LogP contribution in [0, 0.1) is 5.92 Å². The lowest BCUT2D eigenvalue weighted by molar-refractivity contribution is -0.128. The summed E-state index contributed by atoms with van der Waals surface area (Å²) in [5.41, 5.74) is 1.22. The van der Waals surface area contributed by atoms with E-state index in [0.29, 0.717) is 15.6 Å². The molecule has 1 heterocycles. The highest BCUT2D eigenvalue weighted by Crippen LogP contribution is 2.34. The van der Waals surface area contributed by atoms with Crippen molar-refractivity contribution in [1.82, 2.24) is 15.6 Å². The van der Waals surface area contributed by atoms with Crippen molar-refractivity contribution in [3.05, 3.63) is 76.2 Å². The Balaban J connectivity index is 1.40. The number of alkyl carbamates (subject to hydrolysis) is 1. The van der Waals surface area contributed by atoms with E-state index in [0.717, 1.165) is 5.56 Å². The van der Waals surface area contributed by atoms with Gasteiger partial charge >= 0.3 is 6.09 Å². The molecule has 0 radical (unpaired) electrons. The van der Waals surface area contributed by atoms with Gasteiger partial charge in [-0.3, -0.25) is 14.4 Å². The number of carbonyl (C=O) groups is 4. The van der Waals surface area contributed by atoms with Crippen molar-refractivity contribution in [1.29, 1.82) is 0 Å². The number of nitrogens with one attached hydrogen (secondary N) is 2. The molecule has 0 bridgehead atoms. The van der Waals surface area contributed by atoms with E-state index in [-0.39, 0.29) is 43.6 Å². The quantitative estimate of drug-likeness (QED) is 0.349. The van der Waals surface area contributed by atoms with E-state index in [1.165, 1.54) is 13.1 Å². The third-order valence-corrected chi connectivity index (χ3v) is 5.63. The highest BCUT2D eigenvalue weighted by molar-refractivity contribution is 6.39.